The zero-order valence-corrected chi connectivity index (χ0v) is 18.0. The van der Waals surface area contributed by atoms with Crippen molar-refractivity contribution < 1.29 is 32.0 Å². The number of nitro benzene ring substituents is 1. The van der Waals surface area contributed by atoms with E-state index in [0.717, 1.165) is 24.3 Å². The van der Waals surface area contributed by atoms with Crippen LogP contribution in [0.25, 0.3) is 0 Å². The molecule has 0 radical (unpaired) electrons. The Morgan fingerprint density at radius 2 is 1.76 bits per heavy atom. The van der Waals surface area contributed by atoms with Crippen LogP contribution in [0.1, 0.15) is 0 Å². The molecule has 12 heteroatoms. The van der Waals surface area contributed by atoms with Crippen molar-refractivity contribution in [1.82, 2.24) is 0 Å². The van der Waals surface area contributed by atoms with Gasteiger partial charge in [-0.2, -0.15) is 0 Å². The average Bonchev–Trinajstić information content (AvgIpc) is 2.78. The third-order valence-corrected chi connectivity index (χ3v) is 5.65. The first kappa shape index (κ1) is 23.5. The highest BCUT2D eigenvalue weighted by atomic mass is 32.2. The molecule has 3 rings (SSSR count). The fraction of sp³-hybridized carbons (Fsp3) is 0.0952. The second-order valence-corrected chi connectivity index (χ2v) is 8.22. The molecule has 0 saturated heterocycles. The lowest BCUT2D eigenvalue weighted by Crippen LogP contribution is -2.20. The number of hydrogen-bond acceptors (Lipinski definition) is 7. The molecule has 0 atom stereocenters. The van der Waals surface area contributed by atoms with Crippen LogP contribution in [-0.2, 0) is 14.8 Å². The number of nitrogens with one attached hydrogen (secondary N) is 2. The van der Waals surface area contributed by atoms with E-state index in [0.29, 0.717) is 0 Å². The molecule has 0 aromatic heterocycles. The maximum Gasteiger partial charge on any atom is 0.310 e. The standard InChI is InChI=1S/C21H18FN3O7S/c1-31-19-11-8-15(12-17(19)24-33(29,30)16-9-6-14(22)7-10-16)23-21(26)13-32-20-5-3-2-4-18(20)25(27)28/h2-12,24H,13H2,1H3,(H,23,26). The molecule has 1 amide bonds. The molecule has 2 N–H and O–H groups in total. The van der Waals surface area contributed by atoms with Gasteiger partial charge in [-0.3, -0.25) is 19.6 Å². The van der Waals surface area contributed by atoms with Crippen molar-refractivity contribution in [3.8, 4) is 11.5 Å². The topological polar surface area (TPSA) is 137 Å². The first-order chi connectivity index (χ1) is 15.7. The highest BCUT2D eigenvalue weighted by molar-refractivity contribution is 7.92. The number of benzene rings is 3. The summed E-state index contributed by atoms with van der Waals surface area (Å²) in [5.41, 5.74) is -0.0461. The lowest BCUT2D eigenvalue weighted by Gasteiger charge is -2.14. The Bertz CT molecular complexity index is 1280. The maximum atomic E-state index is 13.1. The van der Waals surface area contributed by atoms with E-state index in [1.807, 2.05) is 0 Å². The summed E-state index contributed by atoms with van der Waals surface area (Å²) in [6.07, 6.45) is 0. The van der Waals surface area contributed by atoms with Gasteiger partial charge in [-0.05, 0) is 48.5 Å². The van der Waals surface area contributed by atoms with Crippen molar-refractivity contribution in [2.45, 2.75) is 4.90 Å². The number of carbonyl (C=O) groups is 1. The van der Waals surface area contributed by atoms with Crippen LogP contribution in [0.3, 0.4) is 0 Å². The smallest absolute Gasteiger partial charge is 0.310 e. The summed E-state index contributed by atoms with van der Waals surface area (Å²) in [5, 5.41) is 13.5. The van der Waals surface area contributed by atoms with E-state index in [2.05, 4.69) is 10.0 Å². The predicted molar refractivity (Wildman–Crippen MR) is 117 cm³/mol. The maximum absolute atomic E-state index is 13.1. The van der Waals surface area contributed by atoms with Crippen LogP contribution in [0, 0.1) is 15.9 Å². The molecule has 0 aliphatic heterocycles. The van der Waals surface area contributed by atoms with Gasteiger partial charge < -0.3 is 14.8 Å². The highest BCUT2D eigenvalue weighted by Crippen LogP contribution is 2.30. The van der Waals surface area contributed by atoms with Gasteiger partial charge in [-0.25, -0.2) is 12.8 Å². The minimum absolute atomic E-state index is 0.0271. The number of halogens is 1. The number of methoxy groups -OCH3 is 1. The summed E-state index contributed by atoms with van der Waals surface area (Å²) in [6, 6.07) is 14.1. The van der Waals surface area contributed by atoms with E-state index in [9.17, 15) is 27.7 Å². The molecule has 0 saturated carbocycles. The number of carbonyl (C=O) groups excluding carboxylic acids is 1. The fourth-order valence-corrected chi connectivity index (χ4v) is 3.81. The molecule has 3 aromatic carbocycles. The molecule has 0 heterocycles. The summed E-state index contributed by atoms with van der Waals surface area (Å²) in [6.45, 7) is -0.520. The summed E-state index contributed by atoms with van der Waals surface area (Å²) in [4.78, 5) is 22.5. The van der Waals surface area contributed by atoms with Crippen molar-refractivity contribution in [2.24, 2.45) is 0 Å². The number of ether oxygens (including phenoxy) is 2. The minimum Gasteiger partial charge on any atom is -0.495 e. The van der Waals surface area contributed by atoms with Crippen molar-refractivity contribution in [1.29, 1.82) is 0 Å². The zero-order valence-electron chi connectivity index (χ0n) is 17.1. The summed E-state index contributed by atoms with van der Waals surface area (Å²) in [7, 11) is -2.73. The summed E-state index contributed by atoms with van der Waals surface area (Å²) < 4.78 is 51.1. The van der Waals surface area contributed by atoms with Crippen LogP contribution < -0.4 is 19.5 Å². The Labute approximate surface area is 188 Å². The number of anilines is 2. The Hall–Kier alpha value is -4.19. The monoisotopic (exact) mass is 475 g/mol. The van der Waals surface area contributed by atoms with Gasteiger partial charge in [0.05, 0.1) is 22.6 Å². The van der Waals surface area contributed by atoms with Gasteiger partial charge in [0.25, 0.3) is 15.9 Å². The number of rotatable bonds is 9. The molecule has 0 aliphatic carbocycles. The molecule has 0 bridgehead atoms. The molecule has 10 nitrogen and oxygen atoms in total. The van der Waals surface area contributed by atoms with E-state index in [-0.39, 0.29) is 33.5 Å². The van der Waals surface area contributed by atoms with Gasteiger partial charge in [0, 0.05) is 11.8 Å². The van der Waals surface area contributed by atoms with Crippen LogP contribution in [-0.4, -0.2) is 33.0 Å². The van der Waals surface area contributed by atoms with Gasteiger partial charge in [0.1, 0.15) is 11.6 Å². The van der Waals surface area contributed by atoms with Crippen molar-refractivity contribution >= 4 is 33.0 Å². The first-order valence-electron chi connectivity index (χ1n) is 9.32. The van der Waals surface area contributed by atoms with E-state index in [4.69, 9.17) is 9.47 Å². The molecule has 0 unspecified atom stereocenters. The summed E-state index contributed by atoms with van der Waals surface area (Å²) >= 11 is 0. The molecular weight excluding hydrogens is 457 g/mol. The average molecular weight is 475 g/mol. The van der Waals surface area contributed by atoms with E-state index >= 15 is 0 Å². The Balaban J connectivity index is 1.73. The SMILES string of the molecule is COc1ccc(NC(=O)COc2ccccc2[N+](=O)[O-])cc1NS(=O)(=O)c1ccc(F)cc1. The number of para-hydroxylation sites is 2. The number of hydrogen-bond donors (Lipinski definition) is 2. The van der Waals surface area contributed by atoms with Gasteiger partial charge in [0.15, 0.2) is 12.4 Å². The molecule has 0 aliphatic rings. The van der Waals surface area contributed by atoms with Crippen LogP contribution in [0.5, 0.6) is 11.5 Å². The first-order valence-corrected chi connectivity index (χ1v) is 10.8. The van der Waals surface area contributed by atoms with Crippen molar-refractivity contribution in [2.75, 3.05) is 23.8 Å². The van der Waals surface area contributed by atoms with E-state index < -0.39 is 33.3 Å². The van der Waals surface area contributed by atoms with Crippen LogP contribution in [0.4, 0.5) is 21.5 Å². The highest BCUT2D eigenvalue weighted by Gasteiger charge is 2.18. The largest absolute Gasteiger partial charge is 0.495 e. The van der Waals surface area contributed by atoms with Crippen LogP contribution >= 0.6 is 0 Å². The lowest BCUT2D eigenvalue weighted by molar-refractivity contribution is -0.385. The molecule has 0 spiro atoms. The Kier molecular flexibility index (Phi) is 7.08. The minimum atomic E-state index is -4.06. The van der Waals surface area contributed by atoms with Gasteiger partial charge in [-0.15, -0.1) is 0 Å². The van der Waals surface area contributed by atoms with E-state index in [1.165, 1.54) is 49.6 Å². The number of nitrogens with zero attached hydrogens (tertiary/aromatic N) is 1. The Morgan fingerprint density at radius 3 is 2.42 bits per heavy atom. The predicted octanol–water partition coefficient (Wildman–Crippen LogP) is 3.56. The van der Waals surface area contributed by atoms with Gasteiger partial charge in [0.2, 0.25) is 0 Å². The van der Waals surface area contributed by atoms with Crippen LogP contribution in [0.15, 0.2) is 71.6 Å². The van der Waals surface area contributed by atoms with Crippen molar-refractivity contribution in [3.05, 3.63) is 82.7 Å². The normalized spacial score (nSPS) is 10.8. The quantitative estimate of drug-likeness (QED) is 0.357. The van der Waals surface area contributed by atoms with Gasteiger partial charge >= 0.3 is 5.69 Å². The third kappa shape index (κ3) is 5.95. The second-order valence-electron chi connectivity index (χ2n) is 6.54. The van der Waals surface area contributed by atoms with E-state index in [1.54, 1.807) is 0 Å². The second kappa shape index (κ2) is 9.96. The summed E-state index contributed by atoms with van der Waals surface area (Å²) in [5.74, 6) is -1.11. The Morgan fingerprint density at radius 1 is 1.06 bits per heavy atom. The molecular formula is C21H18FN3O7S. The number of sulfonamides is 1. The third-order valence-electron chi connectivity index (χ3n) is 4.27. The van der Waals surface area contributed by atoms with Crippen molar-refractivity contribution in [3.63, 3.8) is 0 Å². The molecule has 33 heavy (non-hydrogen) atoms. The van der Waals surface area contributed by atoms with Gasteiger partial charge in [-0.1, -0.05) is 12.1 Å². The number of amides is 1. The molecule has 3 aromatic rings. The zero-order chi connectivity index (χ0) is 24.0. The molecule has 172 valence electrons. The van der Waals surface area contributed by atoms with Crippen LogP contribution in [0.2, 0.25) is 0 Å². The molecule has 0 fully saturated rings. The number of nitro groups is 1. The fourth-order valence-electron chi connectivity index (χ4n) is 2.75. The lowest BCUT2D eigenvalue weighted by atomic mass is 10.2.